The minimum atomic E-state index is 0.688. The van der Waals surface area contributed by atoms with E-state index in [4.69, 9.17) is 9.47 Å². The average molecular weight is 281 g/mol. The Morgan fingerprint density at radius 2 is 1.71 bits per heavy atom. The molecule has 0 aliphatic rings. The zero-order chi connectivity index (χ0) is 14.7. The highest BCUT2D eigenvalue weighted by Gasteiger charge is 2.10. The summed E-state index contributed by atoms with van der Waals surface area (Å²) < 4.78 is 10.7. The number of rotatable bonds is 4. The molecule has 0 unspecified atom stereocenters. The molecule has 0 spiro atoms. The van der Waals surface area contributed by atoms with Gasteiger partial charge in [-0.05, 0) is 29.8 Å². The molecule has 0 saturated heterocycles. The van der Waals surface area contributed by atoms with Gasteiger partial charge in [0.05, 0.1) is 26.1 Å². The molecule has 2 heterocycles. The number of methoxy groups -OCH3 is 2. The minimum Gasteiger partial charge on any atom is -0.493 e. The quantitative estimate of drug-likeness (QED) is 0.735. The Balaban J connectivity index is 2.10. The second-order valence-electron chi connectivity index (χ2n) is 4.62. The van der Waals surface area contributed by atoms with Crippen molar-refractivity contribution >= 4 is 10.8 Å². The third-order valence-electron chi connectivity index (χ3n) is 3.36. The Bertz CT molecular complexity index is 760. The fourth-order valence-corrected chi connectivity index (χ4v) is 2.29. The molecule has 0 aliphatic carbocycles. The van der Waals surface area contributed by atoms with Crippen molar-refractivity contribution in [2.45, 2.75) is 6.42 Å². The average Bonchev–Trinajstić information content (AvgIpc) is 2.55. The summed E-state index contributed by atoms with van der Waals surface area (Å²) in [5, 5.41) is 10.3. The first-order valence-electron chi connectivity index (χ1n) is 6.57. The first-order chi connectivity index (χ1) is 10.3. The molecule has 0 bridgehead atoms. The van der Waals surface area contributed by atoms with Gasteiger partial charge in [0.2, 0.25) is 0 Å². The predicted octanol–water partition coefficient (Wildman–Crippen LogP) is 2.63. The molecule has 0 amide bonds. The summed E-state index contributed by atoms with van der Waals surface area (Å²) in [6.07, 6.45) is 5.98. The fraction of sp³-hybridized carbons (Fsp3) is 0.188. The van der Waals surface area contributed by atoms with Gasteiger partial charge in [0.1, 0.15) is 0 Å². The lowest BCUT2D eigenvalue weighted by molar-refractivity contribution is 0.356. The van der Waals surface area contributed by atoms with Crippen LogP contribution in [0.5, 0.6) is 11.5 Å². The largest absolute Gasteiger partial charge is 0.493 e. The molecule has 5 heteroatoms. The summed E-state index contributed by atoms with van der Waals surface area (Å²) in [5.41, 5.74) is 2.04. The highest BCUT2D eigenvalue weighted by atomic mass is 16.5. The molecule has 21 heavy (non-hydrogen) atoms. The molecule has 106 valence electrons. The highest BCUT2D eigenvalue weighted by Crippen LogP contribution is 2.33. The maximum Gasteiger partial charge on any atom is 0.161 e. The van der Waals surface area contributed by atoms with E-state index >= 15 is 0 Å². The van der Waals surface area contributed by atoms with Crippen LogP contribution in [0.3, 0.4) is 0 Å². The Hall–Kier alpha value is -2.69. The first-order valence-corrected chi connectivity index (χ1v) is 6.57. The topological polar surface area (TPSA) is 57.1 Å². The minimum absolute atomic E-state index is 0.688. The van der Waals surface area contributed by atoms with Crippen LogP contribution in [0, 0.1) is 0 Å². The Kier molecular flexibility index (Phi) is 3.64. The van der Waals surface area contributed by atoms with Crippen molar-refractivity contribution in [2.75, 3.05) is 14.2 Å². The maximum absolute atomic E-state index is 5.37. The maximum atomic E-state index is 5.37. The number of fused-ring (bicyclic) bond motifs is 1. The lowest BCUT2D eigenvalue weighted by atomic mass is 10.0. The lowest BCUT2D eigenvalue weighted by Crippen LogP contribution is -1.98. The number of aromatic nitrogens is 3. The van der Waals surface area contributed by atoms with E-state index in [2.05, 4.69) is 15.2 Å². The monoisotopic (exact) mass is 281 g/mol. The summed E-state index contributed by atoms with van der Waals surface area (Å²) in [6.45, 7) is 0. The van der Waals surface area contributed by atoms with Crippen molar-refractivity contribution in [1.82, 2.24) is 15.2 Å². The molecule has 0 saturated carbocycles. The summed E-state index contributed by atoms with van der Waals surface area (Å²) >= 11 is 0. The second-order valence-corrected chi connectivity index (χ2v) is 4.62. The number of hydrogen-bond acceptors (Lipinski definition) is 5. The van der Waals surface area contributed by atoms with Crippen molar-refractivity contribution in [3.05, 3.63) is 54.1 Å². The number of benzene rings is 1. The predicted molar refractivity (Wildman–Crippen MR) is 79.7 cm³/mol. The van der Waals surface area contributed by atoms with Crippen LogP contribution < -0.4 is 9.47 Å². The smallest absolute Gasteiger partial charge is 0.161 e. The fourth-order valence-electron chi connectivity index (χ4n) is 2.29. The van der Waals surface area contributed by atoms with E-state index in [1.807, 2.05) is 24.3 Å². The zero-order valence-corrected chi connectivity index (χ0v) is 11.9. The summed E-state index contributed by atoms with van der Waals surface area (Å²) in [6, 6.07) is 7.81. The molecule has 2 aromatic heterocycles. The van der Waals surface area contributed by atoms with E-state index in [0.29, 0.717) is 17.9 Å². The third kappa shape index (κ3) is 2.63. The van der Waals surface area contributed by atoms with Crippen LogP contribution in [-0.4, -0.2) is 29.4 Å². The number of ether oxygens (including phenoxy) is 2. The molecule has 0 aliphatic heterocycles. The summed E-state index contributed by atoms with van der Waals surface area (Å²) in [4.78, 5) is 4.03. The van der Waals surface area contributed by atoms with Gasteiger partial charge < -0.3 is 9.47 Å². The van der Waals surface area contributed by atoms with Gasteiger partial charge in [-0.1, -0.05) is 0 Å². The number of hydrogen-bond donors (Lipinski definition) is 0. The van der Waals surface area contributed by atoms with Crippen LogP contribution in [0.25, 0.3) is 10.8 Å². The van der Waals surface area contributed by atoms with Crippen LogP contribution in [0.4, 0.5) is 0 Å². The van der Waals surface area contributed by atoms with Gasteiger partial charge in [-0.2, -0.15) is 10.2 Å². The zero-order valence-electron chi connectivity index (χ0n) is 11.9. The molecule has 3 aromatic rings. The van der Waals surface area contributed by atoms with Gasteiger partial charge in [0, 0.05) is 29.6 Å². The molecule has 0 radical (unpaired) electrons. The lowest BCUT2D eigenvalue weighted by Gasteiger charge is -2.11. The van der Waals surface area contributed by atoms with Crippen molar-refractivity contribution in [3.8, 4) is 11.5 Å². The van der Waals surface area contributed by atoms with E-state index in [0.717, 1.165) is 22.0 Å². The molecule has 0 atom stereocenters. The van der Waals surface area contributed by atoms with Crippen molar-refractivity contribution in [1.29, 1.82) is 0 Å². The van der Waals surface area contributed by atoms with Crippen LogP contribution in [0.1, 0.15) is 11.3 Å². The van der Waals surface area contributed by atoms with E-state index in [9.17, 15) is 0 Å². The highest BCUT2D eigenvalue weighted by molar-refractivity contribution is 5.87. The summed E-state index contributed by atoms with van der Waals surface area (Å²) in [5.74, 6) is 1.38. The molecule has 3 rings (SSSR count). The summed E-state index contributed by atoms with van der Waals surface area (Å²) in [7, 11) is 3.25. The van der Waals surface area contributed by atoms with Crippen molar-refractivity contribution < 1.29 is 9.47 Å². The molecular formula is C16H15N3O2. The van der Waals surface area contributed by atoms with Gasteiger partial charge in [0.25, 0.3) is 0 Å². The Morgan fingerprint density at radius 1 is 1.00 bits per heavy atom. The second kappa shape index (κ2) is 5.75. The van der Waals surface area contributed by atoms with Crippen LogP contribution in [0.2, 0.25) is 0 Å². The normalized spacial score (nSPS) is 10.6. The first kappa shape index (κ1) is 13.3. The van der Waals surface area contributed by atoms with Crippen LogP contribution >= 0.6 is 0 Å². The Morgan fingerprint density at radius 3 is 2.43 bits per heavy atom. The van der Waals surface area contributed by atoms with Crippen LogP contribution in [0.15, 0.2) is 42.9 Å². The van der Waals surface area contributed by atoms with Gasteiger partial charge in [-0.15, -0.1) is 0 Å². The van der Waals surface area contributed by atoms with Crippen molar-refractivity contribution in [2.24, 2.45) is 0 Å². The molecular weight excluding hydrogens is 266 g/mol. The van der Waals surface area contributed by atoms with Gasteiger partial charge in [-0.25, -0.2) is 0 Å². The van der Waals surface area contributed by atoms with Gasteiger partial charge in [0.15, 0.2) is 11.5 Å². The van der Waals surface area contributed by atoms with E-state index in [1.54, 1.807) is 32.8 Å². The van der Waals surface area contributed by atoms with E-state index < -0.39 is 0 Å². The van der Waals surface area contributed by atoms with Crippen LogP contribution in [-0.2, 0) is 6.42 Å². The SMILES string of the molecule is COc1cc2cnnc(Cc3ccncc3)c2cc1OC. The Labute approximate surface area is 122 Å². The third-order valence-corrected chi connectivity index (χ3v) is 3.36. The standard InChI is InChI=1S/C16H15N3O2/c1-20-15-8-12-10-18-19-14(13(12)9-16(15)21-2)7-11-3-5-17-6-4-11/h3-6,8-10H,7H2,1-2H3. The molecule has 5 nitrogen and oxygen atoms in total. The van der Waals surface area contributed by atoms with E-state index in [-0.39, 0.29) is 0 Å². The molecule has 0 fully saturated rings. The van der Waals surface area contributed by atoms with Gasteiger partial charge >= 0.3 is 0 Å². The van der Waals surface area contributed by atoms with Crippen molar-refractivity contribution in [3.63, 3.8) is 0 Å². The van der Waals surface area contributed by atoms with E-state index in [1.165, 1.54) is 0 Å². The molecule has 0 N–H and O–H groups in total. The van der Waals surface area contributed by atoms with Gasteiger partial charge in [-0.3, -0.25) is 4.98 Å². The number of pyridine rings is 1. The number of nitrogens with zero attached hydrogens (tertiary/aromatic N) is 3. The molecule has 1 aromatic carbocycles.